The molecule has 0 spiro atoms. The summed E-state index contributed by atoms with van der Waals surface area (Å²) in [5, 5.41) is 15.1. The average Bonchev–Trinajstić information content (AvgIpc) is 2.48. The summed E-state index contributed by atoms with van der Waals surface area (Å²) in [6.45, 7) is 3.82. The van der Waals surface area contributed by atoms with E-state index < -0.39 is 5.54 Å². The molecule has 0 aliphatic heterocycles. The Morgan fingerprint density at radius 2 is 1.68 bits per heavy atom. The molecule has 4 nitrogen and oxygen atoms in total. The number of benzene rings is 2. The predicted molar refractivity (Wildman–Crippen MR) is 87.8 cm³/mol. The van der Waals surface area contributed by atoms with E-state index in [2.05, 4.69) is 10.6 Å². The van der Waals surface area contributed by atoms with Crippen molar-refractivity contribution in [3.63, 3.8) is 0 Å². The van der Waals surface area contributed by atoms with E-state index in [1.807, 2.05) is 32.0 Å². The second kappa shape index (κ2) is 6.50. The number of carbonyl (C=O) groups is 1. The number of anilines is 1. The first kappa shape index (κ1) is 15.9. The molecule has 0 aliphatic rings. The van der Waals surface area contributed by atoms with E-state index in [0.29, 0.717) is 16.3 Å². The first-order chi connectivity index (χ1) is 10.4. The van der Waals surface area contributed by atoms with Gasteiger partial charge in [-0.25, -0.2) is 4.79 Å². The zero-order chi connectivity index (χ0) is 16.2. The van der Waals surface area contributed by atoms with Gasteiger partial charge in [0.05, 0.1) is 17.2 Å². The van der Waals surface area contributed by atoms with Crippen LogP contribution in [0.15, 0.2) is 48.5 Å². The van der Waals surface area contributed by atoms with Crippen LogP contribution in [-0.2, 0) is 5.54 Å². The summed E-state index contributed by atoms with van der Waals surface area (Å²) in [5.41, 5.74) is 1.59. The molecule has 0 saturated heterocycles. The molecule has 0 radical (unpaired) electrons. The van der Waals surface area contributed by atoms with Crippen molar-refractivity contribution < 1.29 is 4.79 Å². The van der Waals surface area contributed by atoms with Gasteiger partial charge in [0.15, 0.2) is 0 Å². The zero-order valence-corrected chi connectivity index (χ0v) is 13.1. The second-order valence-electron chi connectivity index (χ2n) is 5.40. The highest BCUT2D eigenvalue weighted by molar-refractivity contribution is 6.30. The molecule has 0 saturated carbocycles. The first-order valence-corrected chi connectivity index (χ1v) is 7.14. The molecule has 22 heavy (non-hydrogen) atoms. The lowest BCUT2D eigenvalue weighted by molar-refractivity contribution is 0.242. The fraction of sp³-hybridized carbons (Fsp3) is 0.176. The van der Waals surface area contributed by atoms with Crippen LogP contribution in [0, 0.1) is 11.3 Å². The molecule has 0 atom stereocenters. The van der Waals surface area contributed by atoms with Crippen molar-refractivity contribution in [3.8, 4) is 6.07 Å². The van der Waals surface area contributed by atoms with Gasteiger partial charge in [0.1, 0.15) is 0 Å². The van der Waals surface area contributed by atoms with Crippen LogP contribution in [0.25, 0.3) is 0 Å². The van der Waals surface area contributed by atoms with E-state index >= 15 is 0 Å². The van der Waals surface area contributed by atoms with Crippen LogP contribution in [0.5, 0.6) is 0 Å². The molecule has 5 heteroatoms. The molecular formula is C17H16ClN3O. The summed E-state index contributed by atoms with van der Waals surface area (Å²) < 4.78 is 0. The van der Waals surface area contributed by atoms with Gasteiger partial charge in [0, 0.05) is 10.7 Å². The number of carbonyl (C=O) groups excluding carboxylic acids is 1. The molecule has 2 aromatic carbocycles. The van der Waals surface area contributed by atoms with Gasteiger partial charge >= 0.3 is 6.03 Å². The van der Waals surface area contributed by atoms with E-state index in [1.54, 1.807) is 36.4 Å². The Morgan fingerprint density at radius 1 is 1.09 bits per heavy atom. The molecular weight excluding hydrogens is 298 g/mol. The smallest absolute Gasteiger partial charge is 0.319 e. The minimum atomic E-state index is -0.540. The van der Waals surface area contributed by atoms with Crippen molar-refractivity contribution in [2.75, 3.05) is 5.32 Å². The van der Waals surface area contributed by atoms with Crippen LogP contribution in [-0.4, -0.2) is 6.03 Å². The topological polar surface area (TPSA) is 64.9 Å². The predicted octanol–water partition coefficient (Wildman–Crippen LogP) is 4.27. The third kappa shape index (κ3) is 4.00. The number of nitrogens with one attached hydrogen (secondary N) is 2. The van der Waals surface area contributed by atoms with Crippen LogP contribution in [0.2, 0.25) is 5.02 Å². The molecule has 0 heterocycles. The van der Waals surface area contributed by atoms with Crippen LogP contribution in [0.3, 0.4) is 0 Å². The summed E-state index contributed by atoms with van der Waals surface area (Å²) in [4.78, 5) is 12.1. The van der Waals surface area contributed by atoms with Crippen LogP contribution in [0.4, 0.5) is 10.5 Å². The number of amides is 2. The van der Waals surface area contributed by atoms with Gasteiger partial charge in [0.25, 0.3) is 0 Å². The molecule has 0 unspecified atom stereocenters. The Balaban J connectivity index is 2.03. The minimum absolute atomic E-state index is 0.315. The largest absolute Gasteiger partial charge is 0.329 e. The van der Waals surface area contributed by atoms with Gasteiger partial charge in [-0.05, 0) is 55.8 Å². The maximum Gasteiger partial charge on any atom is 0.319 e. The first-order valence-electron chi connectivity index (χ1n) is 6.76. The van der Waals surface area contributed by atoms with Crippen molar-refractivity contribution in [2.45, 2.75) is 19.4 Å². The Kier molecular flexibility index (Phi) is 4.69. The molecule has 2 N–H and O–H groups in total. The number of nitriles is 1. The number of hydrogen-bond donors (Lipinski definition) is 2. The van der Waals surface area contributed by atoms with E-state index in [-0.39, 0.29) is 6.03 Å². The molecule has 0 aromatic heterocycles. The van der Waals surface area contributed by atoms with Crippen LogP contribution < -0.4 is 10.6 Å². The number of rotatable bonds is 3. The molecule has 2 rings (SSSR count). The van der Waals surface area contributed by atoms with E-state index in [1.165, 1.54) is 0 Å². The average molecular weight is 314 g/mol. The SMILES string of the molecule is CC(C)(NC(=O)Nc1ccc(C#N)cc1)c1ccc(Cl)cc1. The van der Waals surface area contributed by atoms with E-state index in [9.17, 15) is 4.79 Å². The zero-order valence-electron chi connectivity index (χ0n) is 12.4. The quantitative estimate of drug-likeness (QED) is 0.888. The lowest BCUT2D eigenvalue weighted by Crippen LogP contribution is -2.43. The monoisotopic (exact) mass is 313 g/mol. The van der Waals surface area contributed by atoms with Crippen molar-refractivity contribution in [3.05, 3.63) is 64.7 Å². The standard InChI is InChI=1S/C17H16ClN3O/c1-17(2,13-5-7-14(18)8-6-13)21-16(22)20-15-9-3-12(11-19)4-10-15/h3-10H,1-2H3,(H2,20,21,22). The lowest BCUT2D eigenvalue weighted by Gasteiger charge is -2.27. The minimum Gasteiger partial charge on any atom is -0.329 e. The Hall–Kier alpha value is -2.51. The fourth-order valence-corrected chi connectivity index (χ4v) is 2.14. The number of nitrogens with zero attached hydrogens (tertiary/aromatic N) is 1. The summed E-state index contributed by atoms with van der Waals surface area (Å²) in [6, 6.07) is 15.7. The number of halogens is 1. The van der Waals surface area contributed by atoms with Gasteiger partial charge in [-0.2, -0.15) is 5.26 Å². The van der Waals surface area contributed by atoms with Gasteiger partial charge in [-0.15, -0.1) is 0 Å². The highest BCUT2D eigenvalue weighted by Gasteiger charge is 2.22. The molecule has 0 aliphatic carbocycles. The normalized spacial score (nSPS) is 10.6. The van der Waals surface area contributed by atoms with E-state index in [0.717, 1.165) is 5.56 Å². The van der Waals surface area contributed by atoms with Gasteiger partial charge in [-0.3, -0.25) is 0 Å². The maximum atomic E-state index is 12.1. The Bertz CT molecular complexity index is 700. The molecule has 2 aromatic rings. The van der Waals surface area contributed by atoms with Crippen LogP contribution in [0.1, 0.15) is 25.0 Å². The maximum absolute atomic E-state index is 12.1. The van der Waals surface area contributed by atoms with Gasteiger partial charge < -0.3 is 10.6 Å². The third-order valence-corrected chi connectivity index (χ3v) is 3.52. The number of urea groups is 1. The highest BCUT2D eigenvalue weighted by atomic mass is 35.5. The summed E-state index contributed by atoms with van der Waals surface area (Å²) in [6.07, 6.45) is 0. The molecule has 0 bridgehead atoms. The third-order valence-electron chi connectivity index (χ3n) is 3.26. The van der Waals surface area contributed by atoms with Crippen molar-refractivity contribution >= 4 is 23.3 Å². The summed E-state index contributed by atoms with van der Waals surface area (Å²) in [7, 11) is 0. The van der Waals surface area contributed by atoms with Crippen molar-refractivity contribution in [1.29, 1.82) is 5.26 Å². The summed E-state index contributed by atoms with van der Waals surface area (Å²) in [5.74, 6) is 0. The molecule has 2 amide bonds. The van der Waals surface area contributed by atoms with Gasteiger partial charge in [0.2, 0.25) is 0 Å². The van der Waals surface area contributed by atoms with Crippen molar-refractivity contribution in [2.24, 2.45) is 0 Å². The highest BCUT2D eigenvalue weighted by Crippen LogP contribution is 2.22. The van der Waals surface area contributed by atoms with Crippen LogP contribution >= 0.6 is 11.6 Å². The summed E-state index contributed by atoms with van der Waals surface area (Å²) >= 11 is 5.88. The number of hydrogen-bond acceptors (Lipinski definition) is 2. The molecule has 0 fully saturated rings. The van der Waals surface area contributed by atoms with Crippen molar-refractivity contribution in [1.82, 2.24) is 5.32 Å². The Morgan fingerprint density at radius 3 is 2.23 bits per heavy atom. The van der Waals surface area contributed by atoms with E-state index in [4.69, 9.17) is 16.9 Å². The fourth-order valence-electron chi connectivity index (χ4n) is 2.01. The lowest BCUT2D eigenvalue weighted by atomic mass is 9.94. The van der Waals surface area contributed by atoms with Gasteiger partial charge in [-0.1, -0.05) is 23.7 Å². The molecule has 112 valence electrons. The second-order valence-corrected chi connectivity index (χ2v) is 5.84. The Labute approximate surface area is 134 Å².